The van der Waals surface area contributed by atoms with Crippen molar-refractivity contribution in [3.63, 3.8) is 0 Å². The maximum atomic E-state index is 4.75. The Balaban J connectivity index is 0.00000256. The Bertz CT molecular complexity index is 1020. The van der Waals surface area contributed by atoms with Crippen molar-refractivity contribution < 1.29 is 23.8 Å². The third-order valence-electron chi connectivity index (χ3n) is 5.70. The summed E-state index contributed by atoms with van der Waals surface area (Å²) in [7, 11) is 0. The van der Waals surface area contributed by atoms with Crippen molar-refractivity contribution >= 4 is 6.69 Å². The van der Waals surface area contributed by atoms with Crippen LogP contribution in [0.2, 0.25) is 0 Å². The second-order valence-electron chi connectivity index (χ2n) is 8.13. The number of nitrogens with zero attached hydrogens (tertiary/aromatic N) is 7. The van der Waals surface area contributed by atoms with Crippen molar-refractivity contribution in [2.45, 2.75) is 55.4 Å². The molecule has 8 nitrogen and oxygen atoms in total. The SMILES string of the molecule is Cc1cn([B-](n2cc(C)nc2C)(n2cc(C)nc2C)n2cc(C)[nH+]c2C)c(C)n1.[Li+]. The number of imidazole rings is 4. The molecule has 0 spiro atoms. The Morgan fingerprint density at radius 3 is 1.20 bits per heavy atom. The number of hydrogen-bond donors (Lipinski definition) is 0. The van der Waals surface area contributed by atoms with Gasteiger partial charge in [-0.25, -0.2) is 19.9 Å². The first-order chi connectivity index (χ1) is 13.6. The minimum Gasteiger partial charge on any atom is -0.430 e. The first kappa shape index (κ1) is 22.2. The van der Waals surface area contributed by atoms with Gasteiger partial charge in [-0.2, -0.15) is 0 Å². The van der Waals surface area contributed by atoms with Crippen molar-refractivity contribution in [3.8, 4) is 0 Å². The summed E-state index contributed by atoms with van der Waals surface area (Å²) in [4.78, 5) is 17.7. The van der Waals surface area contributed by atoms with Gasteiger partial charge in [0.2, 0.25) is 5.82 Å². The number of nitrogens with one attached hydrogen (secondary N) is 1. The minimum absolute atomic E-state index is 0. The maximum Gasteiger partial charge on any atom is 1.00 e. The number of rotatable bonds is 4. The summed E-state index contributed by atoms with van der Waals surface area (Å²) in [6, 6.07) is 0. The van der Waals surface area contributed by atoms with E-state index in [-0.39, 0.29) is 18.9 Å². The average Bonchev–Trinajstić information content (AvgIpc) is 3.33. The molecule has 152 valence electrons. The zero-order valence-corrected chi connectivity index (χ0v) is 19.5. The van der Waals surface area contributed by atoms with Crippen LogP contribution in [0.25, 0.3) is 0 Å². The van der Waals surface area contributed by atoms with Crippen LogP contribution in [0.4, 0.5) is 0 Å². The molecule has 30 heavy (non-hydrogen) atoms. The van der Waals surface area contributed by atoms with Gasteiger partial charge in [-0.1, -0.05) is 0 Å². The van der Waals surface area contributed by atoms with E-state index in [2.05, 4.69) is 82.3 Å². The van der Waals surface area contributed by atoms with Gasteiger partial charge in [0.1, 0.15) is 5.69 Å². The quantitative estimate of drug-likeness (QED) is 0.426. The standard InChI is InChI=1S/C20H28BN8.Li/c1-13-9-26(17(5)22-13)21(27-10-14(2)23-18(27)6,28-11-15(3)24-19(28)7)29-12-16(4)25-20(29)8;/h9-12H,1-8H3;/q-1;+1/p+1. The Labute approximate surface area is 189 Å². The van der Waals surface area contributed by atoms with Gasteiger partial charge < -0.3 is 17.9 Å². The largest absolute Gasteiger partial charge is 1.00 e. The summed E-state index contributed by atoms with van der Waals surface area (Å²) in [5, 5.41) is 0. The summed E-state index contributed by atoms with van der Waals surface area (Å²) in [6.07, 6.45) is 8.52. The zero-order chi connectivity index (χ0) is 21.1. The molecule has 4 aromatic rings. The molecular weight excluding hydrogens is 370 g/mol. The van der Waals surface area contributed by atoms with Crippen LogP contribution in [0, 0.1) is 55.4 Å². The van der Waals surface area contributed by atoms with Gasteiger partial charge in [0.15, 0.2) is 0 Å². The topological polar surface area (TPSA) is 72.5 Å². The smallest absolute Gasteiger partial charge is 0.430 e. The van der Waals surface area contributed by atoms with Gasteiger partial charge in [0.25, 0.3) is 0 Å². The van der Waals surface area contributed by atoms with Gasteiger partial charge in [0, 0.05) is 13.8 Å². The van der Waals surface area contributed by atoms with Crippen LogP contribution in [0.1, 0.15) is 46.1 Å². The van der Waals surface area contributed by atoms with Crippen LogP contribution in [-0.2, 0) is 0 Å². The fourth-order valence-electron chi connectivity index (χ4n) is 4.81. The number of H-pyrrole nitrogens is 1. The van der Waals surface area contributed by atoms with E-state index in [9.17, 15) is 0 Å². The van der Waals surface area contributed by atoms with Crippen molar-refractivity contribution in [2.24, 2.45) is 0 Å². The molecule has 4 heterocycles. The summed E-state index contributed by atoms with van der Waals surface area (Å²) in [6.45, 7) is 14.6. The molecule has 0 amide bonds. The summed E-state index contributed by atoms with van der Waals surface area (Å²) >= 11 is 0. The molecule has 0 saturated carbocycles. The number of aromatic amines is 1. The van der Waals surface area contributed by atoms with Crippen LogP contribution >= 0.6 is 0 Å². The summed E-state index contributed by atoms with van der Waals surface area (Å²) in [5.74, 6) is 3.85. The van der Waals surface area contributed by atoms with E-state index < -0.39 is 6.69 Å². The zero-order valence-electron chi connectivity index (χ0n) is 19.5. The first-order valence-electron chi connectivity index (χ1n) is 9.96. The molecule has 10 heteroatoms. The van der Waals surface area contributed by atoms with E-state index >= 15 is 0 Å². The van der Waals surface area contributed by atoms with Crippen LogP contribution < -0.4 is 23.8 Å². The van der Waals surface area contributed by atoms with E-state index in [4.69, 9.17) is 15.0 Å². The Morgan fingerprint density at radius 1 is 0.600 bits per heavy atom. The Morgan fingerprint density at radius 2 is 0.967 bits per heavy atom. The van der Waals surface area contributed by atoms with Crippen molar-refractivity contribution in [1.82, 2.24) is 32.9 Å². The molecule has 0 saturated heterocycles. The fourth-order valence-corrected chi connectivity index (χ4v) is 4.81. The number of hydrogen-bond acceptors (Lipinski definition) is 3. The van der Waals surface area contributed by atoms with Crippen LogP contribution in [-0.4, -0.2) is 39.6 Å². The van der Waals surface area contributed by atoms with E-state index in [1.165, 1.54) is 0 Å². The molecule has 0 aliphatic carbocycles. The second-order valence-corrected chi connectivity index (χ2v) is 8.13. The Kier molecular flexibility index (Phi) is 5.65. The van der Waals surface area contributed by atoms with Crippen LogP contribution in [0.5, 0.6) is 0 Å². The van der Waals surface area contributed by atoms with Gasteiger partial charge >= 0.3 is 25.5 Å². The fraction of sp³-hybridized carbons (Fsp3) is 0.400. The van der Waals surface area contributed by atoms with Crippen molar-refractivity contribution in [3.05, 3.63) is 70.9 Å². The Hall–Kier alpha value is -2.50. The van der Waals surface area contributed by atoms with Gasteiger partial charge in [-0.05, 0) is 60.1 Å². The monoisotopic (exact) mass is 399 g/mol. The predicted octanol–water partition coefficient (Wildman–Crippen LogP) is -0.708. The molecule has 1 N–H and O–H groups in total. The summed E-state index contributed by atoms with van der Waals surface area (Å²) < 4.78 is 9.08. The normalized spacial score (nSPS) is 11.7. The molecule has 0 aliphatic rings. The molecule has 0 bridgehead atoms. The van der Waals surface area contributed by atoms with Crippen LogP contribution in [0.3, 0.4) is 0 Å². The average molecular weight is 399 g/mol. The summed E-state index contributed by atoms with van der Waals surface area (Å²) in [5.41, 5.74) is 4.02. The predicted molar refractivity (Wildman–Crippen MR) is 113 cm³/mol. The van der Waals surface area contributed by atoms with E-state index in [0.29, 0.717) is 0 Å². The van der Waals surface area contributed by atoms with Gasteiger partial charge in [-0.15, -0.1) is 0 Å². The third kappa shape index (κ3) is 3.17. The second kappa shape index (κ2) is 7.64. The van der Waals surface area contributed by atoms with Crippen molar-refractivity contribution in [2.75, 3.05) is 0 Å². The molecule has 0 aliphatic heterocycles. The first-order valence-corrected chi connectivity index (χ1v) is 9.96. The molecule has 0 unspecified atom stereocenters. The molecule has 4 aromatic heterocycles. The molecule has 0 radical (unpaired) electrons. The van der Waals surface area contributed by atoms with E-state index in [1.54, 1.807) is 0 Å². The molecule has 0 fully saturated rings. The minimum atomic E-state index is -1.79. The molecule has 0 aromatic carbocycles. The van der Waals surface area contributed by atoms with Gasteiger partial charge in [0.05, 0.1) is 40.8 Å². The maximum absolute atomic E-state index is 4.75. The third-order valence-corrected chi connectivity index (χ3v) is 5.70. The van der Waals surface area contributed by atoms with E-state index in [1.807, 2.05) is 20.8 Å². The van der Waals surface area contributed by atoms with Crippen molar-refractivity contribution in [1.29, 1.82) is 0 Å². The molecular formula is C20H29BLiN8+. The molecule has 4 rings (SSSR count). The van der Waals surface area contributed by atoms with Crippen LogP contribution in [0.15, 0.2) is 24.8 Å². The van der Waals surface area contributed by atoms with E-state index in [0.717, 1.165) is 46.1 Å². The number of aryl methyl sites for hydroxylation is 8. The molecule has 0 atom stereocenters. The van der Waals surface area contributed by atoms with Gasteiger partial charge in [-0.3, -0.25) is 0 Å². The number of aromatic nitrogens is 8.